The lowest BCUT2D eigenvalue weighted by Gasteiger charge is -2.26. The lowest BCUT2D eigenvalue weighted by Crippen LogP contribution is -2.33. The number of hydrogen-bond acceptors (Lipinski definition) is 3. The van der Waals surface area contributed by atoms with Gasteiger partial charge >= 0.3 is 5.97 Å². The van der Waals surface area contributed by atoms with Crippen molar-refractivity contribution in [2.75, 3.05) is 13.1 Å². The number of thiophene rings is 1. The summed E-state index contributed by atoms with van der Waals surface area (Å²) in [6, 6.07) is 1.85. The molecule has 0 aliphatic carbocycles. The number of carbonyl (C=O) groups is 1. The highest BCUT2D eigenvalue weighted by Gasteiger charge is 2.23. The molecule has 88 valence electrons. The Morgan fingerprint density at radius 1 is 1.56 bits per heavy atom. The molecule has 1 aromatic heterocycles. The Hall–Kier alpha value is -0.870. The van der Waals surface area contributed by atoms with E-state index in [2.05, 4.69) is 12.2 Å². The summed E-state index contributed by atoms with van der Waals surface area (Å²) in [5.41, 5.74) is 0.471. The van der Waals surface area contributed by atoms with Gasteiger partial charge in [0.2, 0.25) is 0 Å². The van der Waals surface area contributed by atoms with Crippen LogP contribution in [0.3, 0.4) is 0 Å². The Morgan fingerprint density at radius 2 is 2.31 bits per heavy atom. The minimum atomic E-state index is -0.809. The normalized spacial score (nSPS) is 25.6. The van der Waals surface area contributed by atoms with E-state index in [1.807, 2.05) is 13.0 Å². The lowest BCUT2D eigenvalue weighted by atomic mass is 9.90. The van der Waals surface area contributed by atoms with E-state index >= 15 is 0 Å². The average molecular weight is 239 g/mol. The van der Waals surface area contributed by atoms with E-state index in [4.69, 9.17) is 5.11 Å². The Bertz CT molecular complexity index is 400. The van der Waals surface area contributed by atoms with Crippen molar-refractivity contribution in [1.82, 2.24) is 5.32 Å². The Labute approximate surface area is 99.5 Å². The molecule has 4 heteroatoms. The number of aryl methyl sites for hydroxylation is 1. The number of hydrogen-bond donors (Lipinski definition) is 2. The van der Waals surface area contributed by atoms with E-state index in [1.54, 1.807) is 11.3 Å². The molecule has 2 heterocycles. The van der Waals surface area contributed by atoms with Gasteiger partial charge in [-0.2, -0.15) is 0 Å². The molecular weight excluding hydrogens is 222 g/mol. The molecule has 0 radical (unpaired) electrons. The van der Waals surface area contributed by atoms with Crippen LogP contribution in [0.5, 0.6) is 0 Å². The third-order valence-electron chi connectivity index (χ3n) is 3.14. The van der Waals surface area contributed by atoms with Crippen LogP contribution in [-0.2, 0) is 0 Å². The smallest absolute Gasteiger partial charge is 0.336 e. The quantitative estimate of drug-likeness (QED) is 0.833. The summed E-state index contributed by atoms with van der Waals surface area (Å²) in [6.07, 6.45) is 1.16. The van der Waals surface area contributed by atoms with Crippen LogP contribution in [0.1, 0.15) is 39.4 Å². The van der Waals surface area contributed by atoms with Gasteiger partial charge in [-0.25, -0.2) is 4.79 Å². The monoisotopic (exact) mass is 239 g/mol. The van der Waals surface area contributed by atoms with Crippen LogP contribution in [0, 0.1) is 12.8 Å². The second-order valence-corrected chi connectivity index (χ2v) is 5.91. The average Bonchev–Trinajstić information content (AvgIpc) is 2.60. The molecule has 1 saturated heterocycles. The summed E-state index contributed by atoms with van der Waals surface area (Å²) < 4.78 is 0. The number of piperidine rings is 1. The maximum atomic E-state index is 11.0. The van der Waals surface area contributed by atoms with Gasteiger partial charge in [0.25, 0.3) is 0 Å². The largest absolute Gasteiger partial charge is 0.478 e. The first-order valence-corrected chi connectivity index (χ1v) is 6.44. The van der Waals surface area contributed by atoms with Crippen molar-refractivity contribution in [1.29, 1.82) is 0 Å². The standard InChI is InChI=1S/C12H17NO2S/c1-7-3-9(6-13-5-7)11-4-10(12(14)15)8(2)16-11/h4,7,9,13H,3,5-6H2,1-2H3,(H,14,15). The number of aromatic carboxylic acids is 1. The number of rotatable bonds is 2. The predicted molar refractivity (Wildman–Crippen MR) is 65.4 cm³/mol. The number of carboxylic acids is 1. The first kappa shape index (κ1) is 11.6. The molecule has 2 unspecified atom stereocenters. The molecule has 2 rings (SSSR count). The van der Waals surface area contributed by atoms with Crippen LogP contribution < -0.4 is 5.32 Å². The van der Waals surface area contributed by atoms with E-state index in [9.17, 15) is 4.79 Å². The van der Waals surface area contributed by atoms with Crippen molar-refractivity contribution in [2.24, 2.45) is 5.92 Å². The molecule has 1 fully saturated rings. The molecule has 0 bridgehead atoms. The zero-order chi connectivity index (χ0) is 11.7. The van der Waals surface area contributed by atoms with Crippen LogP contribution >= 0.6 is 11.3 Å². The third kappa shape index (κ3) is 2.28. The van der Waals surface area contributed by atoms with Crippen molar-refractivity contribution < 1.29 is 9.90 Å². The summed E-state index contributed by atoms with van der Waals surface area (Å²) in [5, 5.41) is 12.4. The zero-order valence-electron chi connectivity index (χ0n) is 9.62. The van der Waals surface area contributed by atoms with Crippen molar-refractivity contribution in [3.05, 3.63) is 21.4 Å². The molecule has 16 heavy (non-hydrogen) atoms. The Balaban J connectivity index is 2.20. The highest BCUT2D eigenvalue weighted by molar-refractivity contribution is 7.12. The first-order chi connectivity index (χ1) is 7.58. The van der Waals surface area contributed by atoms with Crippen LogP contribution in [0.15, 0.2) is 6.07 Å². The molecule has 0 amide bonds. The fourth-order valence-electron chi connectivity index (χ4n) is 2.29. The van der Waals surface area contributed by atoms with Crippen molar-refractivity contribution in [3.63, 3.8) is 0 Å². The summed E-state index contributed by atoms with van der Waals surface area (Å²) in [5.74, 6) is 0.354. The summed E-state index contributed by atoms with van der Waals surface area (Å²) in [6.45, 7) is 6.17. The van der Waals surface area contributed by atoms with Gasteiger partial charge in [0.15, 0.2) is 0 Å². The van der Waals surface area contributed by atoms with E-state index in [-0.39, 0.29) is 0 Å². The highest BCUT2D eigenvalue weighted by atomic mass is 32.1. The van der Waals surface area contributed by atoms with E-state index in [0.717, 1.165) is 24.4 Å². The topological polar surface area (TPSA) is 49.3 Å². The molecule has 3 nitrogen and oxygen atoms in total. The van der Waals surface area contributed by atoms with Gasteiger partial charge in [0.1, 0.15) is 0 Å². The van der Waals surface area contributed by atoms with Crippen LogP contribution in [-0.4, -0.2) is 24.2 Å². The maximum absolute atomic E-state index is 11.0. The van der Waals surface area contributed by atoms with Gasteiger partial charge in [0, 0.05) is 22.2 Å². The minimum absolute atomic E-state index is 0.471. The lowest BCUT2D eigenvalue weighted by molar-refractivity contribution is 0.0696. The van der Waals surface area contributed by atoms with E-state index < -0.39 is 5.97 Å². The van der Waals surface area contributed by atoms with Gasteiger partial charge < -0.3 is 10.4 Å². The molecule has 2 atom stereocenters. The fraction of sp³-hybridized carbons (Fsp3) is 0.583. The Kier molecular flexibility index (Phi) is 3.30. The van der Waals surface area contributed by atoms with E-state index in [1.165, 1.54) is 4.88 Å². The number of carboxylic acid groups (broad SMARTS) is 1. The molecule has 2 N–H and O–H groups in total. The molecule has 1 aliphatic heterocycles. The fourth-order valence-corrected chi connectivity index (χ4v) is 3.42. The van der Waals surface area contributed by atoms with Gasteiger partial charge in [-0.1, -0.05) is 6.92 Å². The summed E-state index contributed by atoms with van der Waals surface area (Å²) in [4.78, 5) is 13.1. The molecule has 1 aliphatic rings. The van der Waals surface area contributed by atoms with Gasteiger partial charge in [-0.15, -0.1) is 11.3 Å². The van der Waals surface area contributed by atoms with Crippen LogP contribution in [0.25, 0.3) is 0 Å². The molecule has 0 saturated carbocycles. The third-order valence-corrected chi connectivity index (χ3v) is 4.35. The number of nitrogens with one attached hydrogen (secondary N) is 1. The predicted octanol–water partition coefficient (Wildman–Crippen LogP) is 2.47. The summed E-state index contributed by atoms with van der Waals surface area (Å²) >= 11 is 1.63. The van der Waals surface area contributed by atoms with Crippen molar-refractivity contribution >= 4 is 17.3 Å². The van der Waals surface area contributed by atoms with Crippen LogP contribution in [0.2, 0.25) is 0 Å². The second kappa shape index (κ2) is 4.55. The first-order valence-electron chi connectivity index (χ1n) is 5.62. The molecular formula is C12H17NO2S. The minimum Gasteiger partial charge on any atom is -0.478 e. The molecule has 0 aromatic carbocycles. The summed E-state index contributed by atoms with van der Waals surface area (Å²) in [7, 11) is 0. The second-order valence-electron chi connectivity index (χ2n) is 4.62. The van der Waals surface area contributed by atoms with Gasteiger partial charge in [-0.05, 0) is 31.9 Å². The van der Waals surface area contributed by atoms with E-state index in [0.29, 0.717) is 17.4 Å². The molecule has 1 aromatic rings. The zero-order valence-corrected chi connectivity index (χ0v) is 10.4. The molecule has 0 spiro atoms. The van der Waals surface area contributed by atoms with Gasteiger partial charge in [-0.3, -0.25) is 0 Å². The maximum Gasteiger partial charge on any atom is 0.336 e. The van der Waals surface area contributed by atoms with Crippen LogP contribution in [0.4, 0.5) is 0 Å². The highest BCUT2D eigenvalue weighted by Crippen LogP contribution is 2.33. The van der Waals surface area contributed by atoms with Crippen molar-refractivity contribution in [2.45, 2.75) is 26.2 Å². The SMILES string of the molecule is Cc1sc(C2CNCC(C)C2)cc1C(=O)O. The van der Waals surface area contributed by atoms with Gasteiger partial charge in [0.05, 0.1) is 5.56 Å². The van der Waals surface area contributed by atoms with Crippen molar-refractivity contribution in [3.8, 4) is 0 Å². The Morgan fingerprint density at radius 3 is 2.88 bits per heavy atom.